The van der Waals surface area contributed by atoms with Crippen molar-refractivity contribution in [2.75, 3.05) is 5.75 Å². The molecule has 0 radical (unpaired) electrons. The molecule has 1 fully saturated rings. The van der Waals surface area contributed by atoms with E-state index in [1.54, 1.807) is 0 Å². The van der Waals surface area contributed by atoms with Crippen molar-refractivity contribution in [3.63, 3.8) is 0 Å². The van der Waals surface area contributed by atoms with Gasteiger partial charge in [-0.2, -0.15) is 43.9 Å². The first-order chi connectivity index (χ1) is 8.98. The predicted molar refractivity (Wildman–Crippen MR) is 47.3 cm³/mol. The maximum absolute atomic E-state index is 13.8. The van der Waals surface area contributed by atoms with Gasteiger partial charge in [0.1, 0.15) is 0 Å². The van der Waals surface area contributed by atoms with E-state index in [1.807, 2.05) is 0 Å². The van der Waals surface area contributed by atoms with Crippen molar-refractivity contribution in [3.8, 4) is 0 Å². The molecule has 13 heteroatoms. The van der Waals surface area contributed by atoms with Gasteiger partial charge < -0.3 is 0 Å². The lowest BCUT2D eigenvalue weighted by Gasteiger charge is -2.51. The van der Waals surface area contributed by atoms with Crippen molar-refractivity contribution >= 4 is 10.8 Å². The van der Waals surface area contributed by atoms with Crippen LogP contribution in [0.5, 0.6) is 0 Å². The molecule has 0 aromatic rings. The molecule has 0 amide bonds. The average molecular weight is 358 g/mol. The fourth-order valence-electron chi connectivity index (χ4n) is 1.68. The summed E-state index contributed by atoms with van der Waals surface area (Å²) in [6.45, 7) is 0.479. The first kappa shape index (κ1) is 18.4. The van der Waals surface area contributed by atoms with Crippen LogP contribution in [0.25, 0.3) is 0 Å². The zero-order valence-electron chi connectivity index (χ0n) is 9.68. The molecule has 0 aliphatic heterocycles. The summed E-state index contributed by atoms with van der Waals surface area (Å²) < 4.78 is 155. The molecule has 1 unspecified atom stereocenters. The molecule has 0 bridgehead atoms. The Labute approximate surface area is 111 Å². The van der Waals surface area contributed by atoms with Crippen LogP contribution < -0.4 is 0 Å². The molecule has 0 heterocycles. The third kappa shape index (κ3) is 1.55. The Bertz CT molecular complexity index is 441. The second-order valence-corrected chi connectivity index (χ2v) is 5.93. The van der Waals surface area contributed by atoms with Crippen molar-refractivity contribution in [2.24, 2.45) is 0 Å². The Hall–Kier alpha value is -0.620. The van der Waals surface area contributed by atoms with E-state index in [4.69, 9.17) is 0 Å². The lowest BCUT2D eigenvalue weighted by molar-refractivity contribution is -0.469. The van der Waals surface area contributed by atoms with Crippen LogP contribution in [0.1, 0.15) is 6.92 Å². The van der Waals surface area contributed by atoms with E-state index in [2.05, 4.69) is 0 Å². The van der Waals surface area contributed by atoms with E-state index in [0.29, 0.717) is 6.92 Å². The maximum Gasteiger partial charge on any atom is 0.384 e. The monoisotopic (exact) mass is 358 g/mol. The zero-order valence-corrected chi connectivity index (χ0v) is 10.5. The second-order valence-electron chi connectivity index (χ2n) is 4.10. The van der Waals surface area contributed by atoms with Gasteiger partial charge in [0.05, 0.1) is 10.8 Å². The lowest BCUT2D eigenvalue weighted by Crippen LogP contribution is -2.84. The highest BCUT2D eigenvalue weighted by molar-refractivity contribution is 7.86. The van der Waals surface area contributed by atoms with Gasteiger partial charge in [-0.3, -0.25) is 4.21 Å². The lowest BCUT2D eigenvalue weighted by atomic mass is 9.80. The van der Waals surface area contributed by atoms with Crippen molar-refractivity contribution in [1.29, 1.82) is 0 Å². The van der Waals surface area contributed by atoms with E-state index in [9.17, 15) is 52.5 Å². The van der Waals surface area contributed by atoms with Gasteiger partial charge in [-0.05, 0) is 0 Å². The summed E-state index contributed by atoms with van der Waals surface area (Å²) in [5.41, 5.74) is 0. The molecule has 1 nitrogen and oxygen atoms in total. The van der Waals surface area contributed by atoms with Crippen molar-refractivity contribution in [3.05, 3.63) is 0 Å². The van der Waals surface area contributed by atoms with E-state index in [0.717, 1.165) is 0 Å². The van der Waals surface area contributed by atoms with E-state index in [-0.39, 0.29) is 0 Å². The second kappa shape index (κ2) is 4.22. The number of halogens is 11. The van der Waals surface area contributed by atoms with Gasteiger partial charge in [0.25, 0.3) is 0 Å². The molecule has 1 rings (SSSR count). The van der Waals surface area contributed by atoms with Crippen LogP contribution in [0.3, 0.4) is 0 Å². The number of alkyl halides is 11. The summed E-state index contributed by atoms with van der Waals surface area (Å²) in [6.07, 6.45) is 0. The molecule has 1 atom stereocenters. The van der Waals surface area contributed by atoms with Crippen LogP contribution in [0.15, 0.2) is 0 Å². The SMILES string of the molecule is CCS(=O)C1(F)C(F)(F)C(F)(F)C(F)(F)C(F)(F)C1(F)F. The first-order valence-corrected chi connectivity index (χ1v) is 6.26. The van der Waals surface area contributed by atoms with Gasteiger partial charge in [-0.1, -0.05) is 6.92 Å². The van der Waals surface area contributed by atoms with Crippen LogP contribution in [0.4, 0.5) is 48.3 Å². The Balaban J connectivity index is 3.87. The maximum atomic E-state index is 13.8. The molecule has 0 aromatic heterocycles. The third-order valence-electron chi connectivity index (χ3n) is 2.96. The normalized spacial score (nSPS) is 32.4. The fraction of sp³-hybridized carbons (Fsp3) is 1.00. The Morgan fingerprint density at radius 2 is 0.857 bits per heavy atom. The topological polar surface area (TPSA) is 17.1 Å². The minimum Gasteiger partial charge on any atom is -0.256 e. The molecule has 0 aromatic carbocycles. The Kier molecular flexibility index (Phi) is 3.70. The fourth-order valence-corrected chi connectivity index (χ4v) is 2.90. The summed E-state index contributed by atoms with van der Waals surface area (Å²) >= 11 is 0. The highest BCUT2D eigenvalue weighted by atomic mass is 32.2. The molecule has 21 heavy (non-hydrogen) atoms. The van der Waals surface area contributed by atoms with Crippen LogP contribution >= 0.6 is 0 Å². The smallest absolute Gasteiger partial charge is 0.256 e. The van der Waals surface area contributed by atoms with Gasteiger partial charge >= 0.3 is 34.6 Å². The van der Waals surface area contributed by atoms with Gasteiger partial charge in [-0.15, -0.1) is 0 Å². The standard InChI is InChI=1S/C8H5F11OS/c1-2-21(20)8(19)6(15,16)4(11,12)3(9,10)5(13,14)7(8,17)18/h2H2,1H3. The Morgan fingerprint density at radius 3 is 1.10 bits per heavy atom. The highest BCUT2D eigenvalue weighted by Gasteiger charge is 3.02. The average Bonchev–Trinajstić information content (AvgIpc) is 2.34. The molecule has 1 saturated carbocycles. The molecule has 126 valence electrons. The van der Waals surface area contributed by atoms with Gasteiger partial charge in [-0.25, -0.2) is 4.39 Å². The molecule has 1 aliphatic carbocycles. The summed E-state index contributed by atoms with van der Waals surface area (Å²) in [7, 11) is -4.30. The molecular formula is C8H5F11OS. The van der Waals surface area contributed by atoms with Gasteiger partial charge in [0.15, 0.2) is 0 Å². The van der Waals surface area contributed by atoms with E-state index >= 15 is 0 Å². The van der Waals surface area contributed by atoms with Crippen LogP contribution in [0, 0.1) is 0 Å². The number of hydrogen-bond donors (Lipinski definition) is 0. The summed E-state index contributed by atoms with van der Waals surface area (Å²) in [5, 5.41) is -6.37. The van der Waals surface area contributed by atoms with Gasteiger partial charge in [0, 0.05) is 5.75 Å². The molecule has 0 saturated heterocycles. The van der Waals surface area contributed by atoms with E-state index in [1.165, 1.54) is 0 Å². The van der Waals surface area contributed by atoms with E-state index < -0.39 is 51.2 Å². The first-order valence-electron chi connectivity index (χ1n) is 4.95. The van der Waals surface area contributed by atoms with Crippen LogP contribution in [-0.4, -0.2) is 44.6 Å². The van der Waals surface area contributed by atoms with Crippen LogP contribution in [-0.2, 0) is 10.8 Å². The minimum absolute atomic E-state index is 0.479. The van der Waals surface area contributed by atoms with Crippen LogP contribution in [0.2, 0.25) is 0 Å². The highest BCUT2D eigenvalue weighted by Crippen LogP contribution is 2.70. The molecule has 1 aliphatic rings. The molecule has 0 N–H and O–H groups in total. The molecular weight excluding hydrogens is 353 g/mol. The summed E-state index contributed by atoms with van der Waals surface area (Å²) in [4.78, 5) is 0. The van der Waals surface area contributed by atoms with Crippen molar-refractivity contribution in [1.82, 2.24) is 0 Å². The van der Waals surface area contributed by atoms with Crippen molar-refractivity contribution in [2.45, 2.75) is 41.5 Å². The number of rotatable bonds is 2. The predicted octanol–water partition coefficient (Wildman–Crippen LogP) is 3.61. The van der Waals surface area contributed by atoms with Crippen molar-refractivity contribution < 1.29 is 52.5 Å². The summed E-state index contributed by atoms with van der Waals surface area (Å²) in [5.74, 6) is -37.2. The van der Waals surface area contributed by atoms with Gasteiger partial charge in [0.2, 0.25) is 0 Å². The summed E-state index contributed by atoms with van der Waals surface area (Å²) in [6, 6.07) is 0. The largest absolute Gasteiger partial charge is 0.384 e. The zero-order chi connectivity index (χ0) is 17.3. The quantitative estimate of drug-likeness (QED) is 0.690. The minimum atomic E-state index is -7.26. The Morgan fingerprint density at radius 1 is 0.619 bits per heavy atom. The number of hydrogen-bond acceptors (Lipinski definition) is 1. The third-order valence-corrected chi connectivity index (χ3v) is 4.63. The molecule has 0 spiro atoms.